The first-order chi connectivity index (χ1) is 7.65. The van der Waals surface area contributed by atoms with Crippen LogP contribution in [0, 0.1) is 11.8 Å². The summed E-state index contributed by atoms with van der Waals surface area (Å²) in [5.74, 6) is 1.14. The average molecular weight is 226 g/mol. The van der Waals surface area contributed by atoms with Crippen LogP contribution in [0.25, 0.3) is 0 Å². The van der Waals surface area contributed by atoms with E-state index in [2.05, 4.69) is 13.8 Å². The number of aliphatic hydroxyl groups excluding tert-OH is 1. The van der Waals surface area contributed by atoms with Crippen LogP contribution in [0.15, 0.2) is 0 Å². The molecule has 0 aromatic heterocycles. The van der Waals surface area contributed by atoms with Gasteiger partial charge in [0.1, 0.15) is 0 Å². The van der Waals surface area contributed by atoms with Crippen LogP contribution in [0.2, 0.25) is 0 Å². The second-order valence-electron chi connectivity index (χ2n) is 5.95. The van der Waals surface area contributed by atoms with Crippen molar-refractivity contribution >= 4 is 0 Å². The average Bonchev–Trinajstić information content (AvgIpc) is 2.27. The number of hydrogen-bond donors (Lipinski definition) is 1. The molecule has 1 spiro atoms. The summed E-state index contributed by atoms with van der Waals surface area (Å²) in [4.78, 5) is 0. The Balaban J connectivity index is 1.84. The zero-order chi connectivity index (χ0) is 11.6. The summed E-state index contributed by atoms with van der Waals surface area (Å²) < 4.78 is 5.90. The van der Waals surface area contributed by atoms with Crippen molar-refractivity contribution in [2.45, 2.75) is 70.5 Å². The highest BCUT2D eigenvalue weighted by Crippen LogP contribution is 2.45. The minimum atomic E-state index is -0.101. The van der Waals surface area contributed by atoms with Crippen molar-refractivity contribution in [2.24, 2.45) is 11.8 Å². The minimum Gasteiger partial charge on any atom is -0.393 e. The van der Waals surface area contributed by atoms with Crippen LogP contribution in [0.1, 0.15) is 58.8 Å². The second-order valence-corrected chi connectivity index (χ2v) is 5.95. The van der Waals surface area contributed by atoms with E-state index in [1.165, 1.54) is 25.7 Å². The molecule has 1 N–H and O–H groups in total. The van der Waals surface area contributed by atoms with E-state index < -0.39 is 0 Å². The van der Waals surface area contributed by atoms with Crippen LogP contribution in [0.3, 0.4) is 0 Å². The van der Waals surface area contributed by atoms with Crippen molar-refractivity contribution < 1.29 is 9.84 Å². The summed E-state index contributed by atoms with van der Waals surface area (Å²) >= 11 is 0. The number of ether oxygens (including phenoxy) is 1. The molecule has 0 aromatic carbocycles. The molecule has 3 atom stereocenters. The zero-order valence-corrected chi connectivity index (χ0v) is 10.7. The third-order valence-corrected chi connectivity index (χ3v) is 4.68. The molecular formula is C14H26O2. The first-order valence-electron chi connectivity index (χ1n) is 6.97. The van der Waals surface area contributed by atoms with E-state index in [-0.39, 0.29) is 11.7 Å². The van der Waals surface area contributed by atoms with Gasteiger partial charge in [-0.05, 0) is 50.4 Å². The number of hydrogen-bond acceptors (Lipinski definition) is 2. The van der Waals surface area contributed by atoms with Gasteiger partial charge >= 0.3 is 0 Å². The molecular weight excluding hydrogens is 200 g/mol. The third kappa shape index (κ3) is 2.60. The van der Waals surface area contributed by atoms with E-state index in [1.807, 2.05) is 0 Å². The lowest BCUT2D eigenvalue weighted by Crippen LogP contribution is -2.47. The van der Waals surface area contributed by atoms with Crippen molar-refractivity contribution in [2.75, 3.05) is 6.61 Å². The molecule has 2 nitrogen and oxygen atoms in total. The van der Waals surface area contributed by atoms with Crippen LogP contribution in [-0.4, -0.2) is 23.4 Å². The molecule has 1 saturated carbocycles. The summed E-state index contributed by atoms with van der Waals surface area (Å²) in [6.07, 6.45) is 7.95. The van der Waals surface area contributed by atoms with Gasteiger partial charge in [-0.1, -0.05) is 20.3 Å². The maximum absolute atomic E-state index is 10.3. The van der Waals surface area contributed by atoms with Crippen LogP contribution in [-0.2, 0) is 4.74 Å². The zero-order valence-electron chi connectivity index (χ0n) is 10.7. The predicted molar refractivity (Wildman–Crippen MR) is 65.3 cm³/mol. The van der Waals surface area contributed by atoms with Crippen molar-refractivity contribution in [3.8, 4) is 0 Å². The molecule has 3 unspecified atom stereocenters. The highest BCUT2D eigenvalue weighted by Gasteiger charge is 2.44. The minimum absolute atomic E-state index is 0.101. The number of aliphatic hydroxyl groups is 1. The Morgan fingerprint density at radius 3 is 2.75 bits per heavy atom. The SMILES string of the molecule is CCC(C)CC(O)C1CCOC2(CCC2)C1. The monoisotopic (exact) mass is 226 g/mol. The highest BCUT2D eigenvalue weighted by atomic mass is 16.5. The Labute approximate surface area is 99.4 Å². The predicted octanol–water partition coefficient (Wildman–Crippen LogP) is 3.13. The van der Waals surface area contributed by atoms with Gasteiger partial charge in [0.05, 0.1) is 11.7 Å². The fraction of sp³-hybridized carbons (Fsp3) is 1.00. The standard InChI is InChI=1S/C14H26O2/c1-3-11(2)9-13(15)12-5-8-16-14(10-12)6-4-7-14/h11-13,15H,3-10H2,1-2H3. The van der Waals surface area contributed by atoms with E-state index in [1.54, 1.807) is 0 Å². The topological polar surface area (TPSA) is 29.5 Å². The lowest BCUT2D eigenvalue weighted by Gasteiger charge is -2.48. The van der Waals surface area contributed by atoms with E-state index in [9.17, 15) is 5.11 Å². The molecule has 1 aliphatic carbocycles. The van der Waals surface area contributed by atoms with Crippen LogP contribution < -0.4 is 0 Å². The Kier molecular flexibility index (Phi) is 3.91. The quantitative estimate of drug-likeness (QED) is 0.798. The van der Waals surface area contributed by atoms with E-state index in [0.29, 0.717) is 11.8 Å². The lowest BCUT2D eigenvalue weighted by atomic mass is 9.70. The van der Waals surface area contributed by atoms with E-state index >= 15 is 0 Å². The van der Waals surface area contributed by atoms with Crippen LogP contribution in [0.5, 0.6) is 0 Å². The summed E-state index contributed by atoms with van der Waals surface area (Å²) in [5.41, 5.74) is 0.180. The molecule has 0 amide bonds. The van der Waals surface area contributed by atoms with E-state index in [0.717, 1.165) is 25.9 Å². The van der Waals surface area contributed by atoms with Gasteiger partial charge in [0.15, 0.2) is 0 Å². The molecule has 0 aromatic rings. The van der Waals surface area contributed by atoms with Crippen molar-refractivity contribution in [3.05, 3.63) is 0 Å². The van der Waals surface area contributed by atoms with Gasteiger partial charge in [0.25, 0.3) is 0 Å². The number of rotatable bonds is 4. The van der Waals surface area contributed by atoms with Gasteiger partial charge in [0, 0.05) is 6.61 Å². The van der Waals surface area contributed by atoms with Crippen LogP contribution in [0.4, 0.5) is 0 Å². The molecule has 2 rings (SSSR count). The summed E-state index contributed by atoms with van der Waals surface area (Å²) in [7, 11) is 0. The van der Waals surface area contributed by atoms with Gasteiger partial charge in [-0.25, -0.2) is 0 Å². The molecule has 0 radical (unpaired) electrons. The fourth-order valence-electron chi connectivity index (χ4n) is 3.08. The molecule has 0 bridgehead atoms. The summed E-state index contributed by atoms with van der Waals surface area (Å²) in [5, 5.41) is 10.3. The Bertz CT molecular complexity index is 223. The normalized spacial score (nSPS) is 32.1. The third-order valence-electron chi connectivity index (χ3n) is 4.68. The summed E-state index contributed by atoms with van der Waals surface area (Å²) in [6, 6.07) is 0. The molecule has 2 aliphatic rings. The molecule has 1 heterocycles. The van der Waals surface area contributed by atoms with Gasteiger partial charge in [0.2, 0.25) is 0 Å². The molecule has 94 valence electrons. The molecule has 1 aliphatic heterocycles. The largest absolute Gasteiger partial charge is 0.393 e. The highest BCUT2D eigenvalue weighted by molar-refractivity contribution is 4.95. The first-order valence-corrected chi connectivity index (χ1v) is 6.97. The lowest BCUT2D eigenvalue weighted by molar-refractivity contribution is -0.158. The van der Waals surface area contributed by atoms with Gasteiger partial charge in [-0.2, -0.15) is 0 Å². The Hall–Kier alpha value is -0.0800. The summed E-state index contributed by atoms with van der Waals surface area (Å²) in [6.45, 7) is 5.30. The Morgan fingerprint density at radius 1 is 1.44 bits per heavy atom. The first kappa shape index (κ1) is 12.4. The Morgan fingerprint density at radius 2 is 2.19 bits per heavy atom. The van der Waals surface area contributed by atoms with Crippen molar-refractivity contribution in [3.63, 3.8) is 0 Å². The van der Waals surface area contributed by atoms with Gasteiger partial charge < -0.3 is 9.84 Å². The maximum Gasteiger partial charge on any atom is 0.0686 e. The smallest absolute Gasteiger partial charge is 0.0686 e. The van der Waals surface area contributed by atoms with Gasteiger partial charge in [-0.3, -0.25) is 0 Å². The van der Waals surface area contributed by atoms with Crippen LogP contribution >= 0.6 is 0 Å². The second kappa shape index (κ2) is 5.05. The van der Waals surface area contributed by atoms with Gasteiger partial charge in [-0.15, -0.1) is 0 Å². The van der Waals surface area contributed by atoms with Crippen molar-refractivity contribution in [1.82, 2.24) is 0 Å². The maximum atomic E-state index is 10.3. The molecule has 16 heavy (non-hydrogen) atoms. The van der Waals surface area contributed by atoms with Crippen molar-refractivity contribution in [1.29, 1.82) is 0 Å². The molecule has 2 fully saturated rings. The fourth-order valence-corrected chi connectivity index (χ4v) is 3.08. The molecule has 2 heteroatoms. The van der Waals surface area contributed by atoms with E-state index in [4.69, 9.17) is 4.74 Å². The molecule has 1 saturated heterocycles.